The number of rotatable bonds is 5. The third kappa shape index (κ3) is 2.01. The second-order valence-corrected chi connectivity index (χ2v) is 5.68. The van der Waals surface area contributed by atoms with Crippen LogP contribution in [0.4, 0.5) is 0 Å². The molecule has 2 unspecified atom stereocenters. The molecule has 0 saturated heterocycles. The first-order valence-corrected chi connectivity index (χ1v) is 7.21. The van der Waals surface area contributed by atoms with Gasteiger partial charge in [-0.15, -0.1) is 0 Å². The van der Waals surface area contributed by atoms with Crippen LogP contribution in [-0.2, 0) is 6.42 Å². The van der Waals surface area contributed by atoms with Crippen LogP contribution in [0.15, 0.2) is 24.3 Å². The van der Waals surface area contributed by atoms with E-state index in [0.717, 1.165) is 17.9 Å². The molecule has 0 spiro atoms. The highest BCUT2D eigenvalue weighted by Gasteiger charge is 2.38. The molecule has 1 N–H and O–H groups in total. The van der Waals surface area contributed by atoms with E-state index >= 15 is 0 Å². The van der Waals surface area contributed by atoms with E-state index < -0.39 is 0 Å². The molecule has 92 valence electrons. The predicted octanol–water partition coefficient (Wildman–Crippen LogP) is 3.49. The van der Waals surface area contributed by atoms with Crippen molar-refractivity contribution in [2.75, 3.05) is 6.54 Å². The predicted molar refractivity (Wildman–Crippen MR) is 72.3 cm³/mol. The van der Waals surface area contributed by atoms with Crippen molar-refractivity contribution in [1.29, 1.82) is 0 Å². The molecule has 0 aliphatic heterocycles. The van der Waals surface area contributed by atoms with Crippen LogP contribution in [0.3, 0.4) is 0 Å². The van der Waals surface area contributed by atoms with Crippen LogP contribution in [0.1, 0.15) is 49.7 Å². The Bertz CT molecular complexity index is 381. The Labute approximate surface area is 105 Å². The number of fused-ring (bicyclic) bond motifs is 1. The van der Waals surface area contributed by atoms with Crippen molar-refractivity contribution in [2.45, 2.75) is 51.0 Å². The average Bonchev–Trinajstić information content (AvgIpc) is 2.25. The first-order chi connectivity index (χ1) is 8.40. The smallest absolute Gasteiger partial charge is 0.0167 e. The summed E-state index contributed by atoms with van der Waals surface area (Å²) in [5.74, 6) is 1.74. The van der Waals surface area contributed by atoms with Crippen LogP contribution in [0.2, 0.25) is 0 Å². The number of benzene rings is 1. The number of hydrogen-bond acceptors (Lipinski definition) is 1. The van der Waals surface area contributed by atoms with Gasteiger partial charge in [0.05, 0.1) is 0 Å². The Morgan fingerprint density at radius 2 is 2.12 bits per heavy atom. The van der Waals surface area contributed by atoms with Gasteiger partial charge in [0.2, 0.25) is 0 Å². The Morgan fingerprint density at radius 3 is 2.76 bits per heavy atom. The minimum Gasteiger partial charge on any atom is -0.313 e. The van der Waals surface area contributed by atoms with Crippen LogP contribution in [0.25, 0.3) is 0 Å². The van der Waals surface area contributed by atoms with Gasteiger partial charge in [0.1, 0.15) is 0 Å². The average molecular weight is 229 g/mol. The van der Waals surface area contributed by atoms with Crippen LogP contribution < -0.4 is 5.32 Å². The molecule has 17 heavy (non-hydrogen) atoms. The molecule has 0 aromatic heterocycles. The van der Waals surface area contributed by atoms with Crippen LogP contribution in [0, 0.1) is 5.92 Å². The maximum absolute atomic E-state index is 3.81. The molecule has 0 amide bonds. The first kappa shape index (κ1) is 11.3. The summed E-state index contributed by atoms with van der Waals surface area (Å²) in [5.41, 5.74) is 3.20. The second-order valence-electron chi connectivity index (χ2n) is 5.68. The van der Waals surface area contributed by atoms with Gasteiger partial charge in [-0.3, -0.25) is 0 Å². The molecular formula is C16H23N. The lowest BCUT2D eigenvalue weighted by atomic mass is 9.65. The van der Waals surface area contributed by atoms with E-state index in [-0.39, 0.29) is 0 Å². The van der Waals surface area contributed by atoms with Crippen LogP contribution >= 0.6 is 0 Å². The normalized spacial score (nSPS) is 24.6. The maximum atomic E-state index is 3.81. The SMILES string of the molecule is CCCNC(C1CCC1)C1Cc2ccccc21. The molecule has 3 rings (SSSR count). The van der Waals surface area contributed by atoms with E-state index in [1.54, 1.807) is 11.1 Å². The lowest BCUT2D eigenvalue weighted by molar-refractivity contribution is 0.194. The Morgan fingerprint density at radius 1 is 1.29 bits per heavy atom. The third-order valence-corrected chi connectivity index (χ3v) is 4.62. The fraction of sp³-hybridized carbons (Fsp3) is 0.625. The van der Waals surface area contributed by atoms with Crippen molar-refractivity contribution < 1.29 is 0 Å². The zero-order valence-corrected chi connectivity index (χ0v) is 10.8. The van der Waals surface area contributed by atoms with Gasteiger partial charge in [0, 0.05) is 12.0 Å². The Balaban J connectivity index is 1.72. The molecule has 1 aromatic carbocycles. The molecule has 1 aromatic rings. The van der Waals surface area contributed by atoms with Crippen molar-refractivity contribution in [1.82, 2.24) is 5.32 Å². The van der Waals surface area contributed by atoms with Crippen LogP contribution in [0.5, 0.6) is 0 Å². The minimum absolute atomic E-state index is 0.749. The third-order valence-electron chi connectivity index (χ3n) is 4.62. The minimum atomic E-state index is 0.749. The monoisotopic (exact) mass is 229 g/mol. The largest absolute Gasteiger partial charge is 0.313 e. The standard InChI is InChI=1S/C16H23N/c1-2-10-17-16(12-7-5-8-12)15-11-13-6-3-4-9-14(13)15/h3-4,6,9,12,15-17H,2,5,7-8,10-11H2,1H3. The van der Waals surface area contributed by atoms with E-state index in [9.17, 15) is 0 Å². The highest BCUT2D eigenvalue weighted by Crippen LogP contribution is 2.43. The highest BCUT2D eigenvalue weighted by molar-refractivity contribution is 5.41. The van der Waals surface area contributed by atoms with Crippen molar-refractivity contribution in [2.24, 2.45) is 5.92 Å². The fourth-order valence-electron chi connectivity index (χ4n) is 3.37. The summed E-state index contributed by atoms with van der Waals surface area (Å²) in [4.78, 5) is 0. The van der Waals surface area contributed by atoms with Crippen LogP contribution in [-0.4, -0.2) is 12.6 Å². The van der Waals surface area contributed by atoms with E-state index in [1.165, 1.54) is 38.6 Å². The van der Waals surface area contributed by atoms with E-state index in [4.69, 9.17) is 0 Å². The van der Waals surface area contributed by atoms with Gasteiger partial charge >= 0.3 is 0 Å². The van der Waals surface area contributed by atoms with Gasteiger partial charge in [-0.2, -0.15) is 0 Å². The molecule has 2 atom stereocenters. The summed E-state index contributed by atoms with van der Waals surface area (Å²) >= 11 is 0. The highest BCUT2D eigenvalue weighted by atomic mass is 14.9. The topological polar surface area (TPSA) is 12.0 Å². The summed E-state index contributed by atoms with van der Waals surface area (Å²) in [5, 5.41) is 3.81. The van der Waals surface area contributed by atoms with Crippen molar-refractivity contribution in [3.05, 3.63) is 35.4 Å². The molecule has 1 fully saturated rings. The summed E-state index contributed by atoms with van der Waals surface area (Å²) in [7, 11) is 0. The lowest BCUT2D eigenvalue weighted by Crippen LogP contribution is -2.47. The first-order valence-electron chi connectivity index (χ1n) is 7.21. The molecule has 2 aliphatic carbocycles. The number of nitrogens with one attached hydrogen (secondary N) is 1. The van der Waals surface area contributed by atoms with Gasteiger partial charge in [-0.25, -0.2) is 0 Å². The van der Waals surface area contributed by atoms with Crippen molar-refractivity contribution in [3.63, 3.8) is 0 Å². The summed E-state index contributed by atoms with van der Waals surface area (Å²) in [6, 6.07) is 9.75. The Kier molecular flexibility index (Phi) is 3.19. The van der Waals surface area contributed by atoms with Gasteiger partial charge in [-0.1, -0.05) is 37.6 Å². The molecular weight excluding hydrogens is 206 g/mol. The molecule has 1 nitrogen and oxygen atoms in total. The van der Waals surface area contributed by atoms with Crippen molar-refractivity contribution >= 4 is 0 Å². The van der Waals surface area contributed by atoms with Gasteiger partial charge < -0.3 is 5.32 Å². The molecule has 0 radical (unpaired) electrons. The van der Waals surface area contributed by atoms with E-state index in [0.29, 0.717) is 0 Å². The lowest BCUT2D eigenvalue weighted by Gasteiger charge is -2.44. The molecule has 1 saturated carbocycles. The summed E-state index contributed by atoms with van der Waals surface area (Å²) in [6.07, 6.45) is 6.88. The fourth-order valence-corrected chi connectivity index (χ4v) is 3.37. The molecule has 0 bridgehead atoms. The Hall–Kier alpha value is -0.820. The van der Waals surface area contributed by atoms with E-state index in [2.05, 4.69) is 36.5 Å². The van der Waals surface area contributed by atoms with Gasteiger partial charge in [-0.05, 0) is 49.3 Å². The number of hydrogen-bond donors (Lipinski definition) is 1. The molecule has 2 aliphatic rings. The quantitative estimate of drug-likeness (QED) is 0.815. The zero-order valence-electron chi connectivity index (χ0n) is 10.8. The zero-order chi connectivity index (χ0) is 11.7. The maximum Gasteiger partial charge on any atom is 0.0167 e. The second kappa shape index (κ2) is 4.81. The van der Waals surface area contributed by atoms with E-state index in [1.807, 2.05) is 0 Å². The summed E-state index contributed by atoms with van der Waals surface area (Å²) < 4.78 is 0. The molecule has 0 heterocycles. The van der Waals surface area contributed by atoms with Gasteiger partial charge in [0.25, 0.3) is 0 Å². The molecule has 1 heteroatoms. The van der Waals surface area contributed by atoms with Crippen molar-refractivity contribution in [3.8, 4) is 0 Å². The van der Waals surface area contributed by atoms with Gasteiger partial charge in [0.15, 0.2) is 0 Å². The summed E-state index contributed by atoms with van der Waals surface area (Å²) in [6.45, 7) is 3.44.